The van der Waals surface area contributed by atoms with Gasteiger partial charge in [0.2, 0.25) is 5.91 Å². The summed E-state index contributed by atoms with van der Waals surface area (Å²) in [5.74, 6) is 1.06. The lowest BCUT2D eigenvalue weighted by molar-refractivity contribution is -0.116. The number of hydrogen-bond acceptors (Lipinski definition) is 6. The number of halogens is 1. The Morgan fingerprint density at radius 1 is 1.26 bits per heavy atom. The number of carbonyl (C=O) groups is 2. The molecule has 1 N–H and O–H groups in total. The molecule has 4 rings (SSSR count). The van der Waals surface area contributed by atoms with Gasteiger partial charge in [0.1, 0.15) is 0 Å². The van der Waals surface area contributed by atoms with Crippen molar-refractivity contribution in [2.45, 2.75) is 32.1 Å². The Hall–Kier alpha value is -2.51. The summed E-state index contributed by atoms with van der Waals surface area (Å²) in [4.78, 5) is 33.3. The maximum atomic E-state index is 12.2. The van der Waals surface area contributed by atoms with Crippen molar-refractivity contribution >= 4 is 39.8 Å². The zero-order valence-corrected chi connectivity index (χ0v) is 15.9. The first kappa shape index (κ1) is 17.9. The number of aromatic nitrogens is 2. The largest absolute Gasteiger partial charge is 0.441 e. The van der Waals surface area contributed by atoms with E-state index in [1.165, 1.54) is 11.3 Å². The number of ketones is 1. The van der Waals surface area contributed by atoms with Crippen LogP contribution in [0.5, 0.6) is 0 Å². The van der Waals surface area contributed by atoms with Crippen molar-refractivity contribution in [3.05, 3.63) is 51.9 Å². The van der Waals surface area contributed by atoms with E-state index < -0.39 is 0 Å². The van der Waals surface area contributed by atoms with E-state index in [0.29, 0.717) is 39.5 Å². The molecule has 0 saturated heterocycles. The molecule has 6 nitrogen and oxygen atoms in total. The van der Waals surface area contributed by atoms with E-state index in [-0.39, 0.29) is 18.1 Å². The van der Waals surface area contributed by atoms with Crippen LogP contribution >= 0.6 is 22.9 Å². The number of nitrogens with zero attached hydrogens (tertiary/aromatic N) is 2. The number of Topliss-reactive ketones (excluding diaryl/α,β-unsaturated/α-hetero) is 1. The number of aryl methyl sites for hydroxylation is 2. The SMILES string of the molecule is O=C(CCc1ncc(-c2ccc(Cl)cc2)o1)Nc1nc2c(s1)C(=O)CCC2. The van der Waals surface area contributed by atoms with E-state index in [4.69, 9.17) is 16.0 Å². The second-order valence-corrected chi connectivity index (χ2v) is 7.68. The van der Waals surface area contributed by atoms with Crippen molar-refractivity contribution < 1.29 is 14.0 Å². The highest BCUT2D eigenvalue weighted by Gasteiger charge is 2.22. The fourth-order valence-electron chi connectivity index (χ4n) is 2.90. The molecule has 1 aliphatic carbocycles. The predicted octanol–water partition coefficient (Wildman–Crippen LogP) is 4.54. The van der Waals surface area contributed by atoms with Gasteiger partial charge in [-0.2, -0.15) is 0 Å². The van der Waals surface area contributed by atoms with Crippen molar-refractivity contribution in [2.75, 3.05) is 5.32 Å². The third kappa shape index (κ3) is 4.09. The summed E-state index contributed by atoms with van der Waals surface area (Å²) in [7, 11) is 0. The van der Waals surface area contributed by atoms with Crippen LogP contribution in [0.2, 0.25) is 5.02 Å². The summed E-state index contributed by atoms with van der Waals surface area (Å²) in [5, 5.41) is 3.90. The number of hydrogen-bond donors (Lipinski definition) is 1. The van der Waals surface area contributed by atoms with E-state index >= 15 is 0 Å². The van der Waals surface area contributed by atoms with Crippen molar-refractivity contribution in [3.8, 4) is 11.3 Å². The molecule has 3 aromatic rings. The highest BCUT2D eigenvalue weighted by Crippen LogP contribution is 2.29. The summed E-state index contributed by atoms with van der Waals surface area (Å²) >= 11 is 7.14. The molecular formula is C19H16ClN3O3S. The molecule has 1 amide bonds. The minimum Gasteiger partial charge on any atom is -0.441 e. The van der Waals surface area contributed by atoms with Gasteiger partial charge in [-0.15, -0.1) is 0 Å². The Kier molecular flexibility index (Phi) is 5.05. The average Bonchev–Trinajstić information content (AvgIpc) is 3.28. The van der Waals surface area contributed by atoms with Gasteiger partial charge in [-0.05, 0) is 37.1 Å². The number of amides is 1. The third-order valence-electron chi connectivity index (χ3n) is 4.26. The fourth-order valence-corrected chi connectivity index (χ4v) is 4.02. The van der Waals surface area contributed by atoms with Crippen LogP contribution in [-0.4, -0.2) is 21.7 Å². The zero-order valence-electron chi connectivity index (χ0n) is 14.3. The van der Waals surface area contributed by atoms with Crippen LogP contribution in [0.3, 0.4) is 0 Å². The second-order valence-electron chi connectivity index (χ2n) is 6.24. The summed E-state index contributed by atoms with van der Waals surface area (Å²) in [5.41, 5.74) is 1.67. The van der Waals surface area contributed by atoms with Gasteiger partial charge in [0.25, 0.3) is 0 Å². The molecule has 138 valence electrons. The first-order valence-electron chi connectivity index (χ1n) is 8.62. The average molecular weight is 402 g/mol. The van der Waals surface area contributed by atoms with Gasteiger partial charge >= 0.3 is 0 Å². The molecule has 27 heavy (non-hydrogen) atoms. The molecule has 2 heterocycles. The van der Waals surface area contributed by atoms with Crippen LogP contribution in [0.4, 0.5) is 5.13 Å². The first-order chi connectivity index (χ1) is 13.1. The normalized spacial score (nSPS) is 13.4. The Bertz CT molecular complexity index is 994. The highest BCUT2D eigenvalue weighted by molar-refractivity contribution is 7.17. The van der Waals surface area contributed by atoms with Gasteiger partial charge in [-0.25, -0.2) is 9.97 Å². The lowest BCUT2D eigenvalue weighted by atomic mass is 10.0. The van der Waals surface area contributed by atoms with Gasteiger partial charge in [-0.3, -0.25) is 9.59 Å². The van der Waals surface area contributed by atoms with E-state index in [1.54, 1.807) is 18.3 Å². The third-order valence-corrected chi connectivity index (χ3v) is 5.57. The van der Waals surface area contributed by atoms with Crippen LogP contribution in [0.25, 0.3) is 11.3 Å². The summed E-state index contributed by atoms with van der Waals surface area (Å²) in [6.45, 7) is 0. The number of rotatable bonds is 5. The van der Waals surface area contributed by atoms with Crippen LogP contribution in [0.1, 0.15) is 40.5 Å². The minimum absolute atomic E-state index is 0.115. The Labute approximate surface area is 164 Å². The Balaban J connectivity index is 1.34. The Morgan fingerprint density at radius 2 is 2.07 bits per heavy atom. The van der Waals surface area contributed by atoms with Crippen molar-refractivity contribution in [2.24, 2.45) is 0 Å². The van der Waals surface area contributed by atoms with E-state index in [0.717, 1.165) is 24.1 Å². The van der Waals surface area contributed by atoms with E-state index in [2.05, 4.69) is 15.3 Å². The molecule has 0 aliphatic heterocycles. The van der Waals surface area contributed by atoms with Crippen LogP contribution < -0.4 is 5.32 Å². The molecule has 0 fully saturated rings. The summed E-state index contributed by atoms with van der Waals surface area (Å²) < 4.78 is 5.70. The summed E-state index contributed by atoms with van der Waals surface area (Å²) in [6.07, 6.45) is 4.40. The van der Waals surface area contributed by atoms with Gasteiger partial charge in [0, 0.05) is 29.8 Å². The molecule has 8 heteroatoms. The smallest absolute Gasteiger partial charge is 0.226 e. The standard InChI is InChI=1S/C19H16ClN3O3S/c20-12-6-4-11(5-7-12)15-10-21-17(26-15)9-8-16(25)23-19-22-13-2-1-3-14(24)18(13)27-19/h4-7,10H,1-3,8-9H2,(H,22,23,25). The van der Waals surface area contributed by atoms with Gasteiger partial charge in [-0.1, -0.05) is 22.9 Å². The molecular weight excluding hydrogens is 386 g/mol. The van der Waals surface area contributed by atoms with Crippen LogP contribution in [0, 0.1) is 0 Å². The van der Waals surface area contributed by atoms with Crippen molar-refractivity contribution in [3.63, 3.8) is 0 Å². The zero-order chi connectivity index (χ0) is 18.8. The minimum atomic E-state index is -0.181. The molecule has 0 bridgehead atoms. The van der Waals surface area contributed by atoms with Crippen molar-refractivity contribution in [1.29, 1.82) is 0 Å². The van der Waals surface area contributed by atoms with Crippen LogP contribution in [0.15, 0.2) is 34.9 Å². The lowest BCUT2D eigenvalue weighted by Crippen LogP contribution is -2.12. The van der Waals surface area contributed by atoms with Gasteiger partial charge in [0.15, 0.2) is 22.6 Å². The number of carbonyl (C=O) groups excluding carboxylic acids is 2. The molecule has 0 spiro atoms. The number of thiazole rings is 1. The molecule has 0 saturated carbocycles. The van der Waals surface area contributed by atoms with E-state index in [1.807, 2.05) is 12.1 Å². The number of nitrogens with one attached hydrogen (secondary N) is 1. The van der Waals surface area contributed by atoms with Crippen molar-refractivity contribution in [1.82, 2.24) is 9.97 Å². The predicted molar refractivity (Wildman–Crippen MR) is 103 cm³/mol. The molecule has 0 radical (unpaired) electrons. The number of oxazole rings is 1. The van der Waals surface area contributed by atoms with Gasteiger partial charge in [0.05, 0.1) is 16.8 Å². The maximum Gasteiger partial charge on any atom is 0.226 e. The Morgan fingerprint density at radius 3 is 2.85 bits per heavy atom. The molecule has 2 aromatic heterocycles. The van der Waals surface area contributed by atoms with E-state index in [9.17, 15) is 9.59 Å². The van der Waals surface area contributed by atoms with Crippen LogP contribution in [-0.2, 0) is 17.6 Å². The maximum absolute atomic E-state index is 12.2. The molecule has 0 unspecified atom stereocenters. The number of fused-ring (bicyclic) bond motifs is 1. The number of anilines is 1. The van der Waals surface area contributed by atoms with Gasteiger partial charge < -0.3 is 9.73 Å². The molecule has 1 aliphatic rings. The molecule has 1 aromatic carbocycles. The quantitative estimate of drug-likeness (QED) is 0.678. The monoisotopic (exact) mass is 401 g/mol. The fraction of sp³-hybridized carbons (Fsp3) is 0.263. The summed E-state index contributed by atoms with van der Waals surface area (Å²) in [6, 6.07) is 7.27. The topological polar surface area (TPSA) is 85.1 Å². The highest BCUT2D eigenvalue weighted by atomic mass is 35.5. The first-order valence-corrected chi connectivity index (χ1v) is 9.81. The molecule has 0 atom stereocenters. The number of benzene rings is 1. The lowest BCUT2D eigenvalue weighted by Gasteiger charge is -2.05. The second kappa shape index (κ2) is 7.62.